The third kappa shape index (κ3) is 4.08. The molecule has 0 aliphatic carbocycles. The number of allylic oxidation sites excluding steroid dienone is 2. The predicted molar refractivity (Wildman–Crippen MR) is 67.2 cm³/mol. The highest BCUT2D eigenvalue weighted by Gasteiger charge is 1.91. The van der Waals surface area contributed by atoms with Crippen LogP contribution in [0.25, 0.3) is 12.2 Å². The molecular weight excluding hydrogens is 168 g/mol. The summed E-state index contributed by atoms with van der Waals surface area (Å²) in [6.07, 6.45) is 8.36. The number of benzene rings is 1. The van der Waals surface area contributed by atoms with Gasteiger partial charge in [-0.05, 0) is 25.0 Å². The first-order chi connectivity index (χ1) is 6.88. The van der Waals surface area contributed by atoms with Crippen LogP contribution in [-0.4, -0.2) is 0 Å². The molecule has 0 heterocycles. The van der Waals surface area contributed by atoms with E-state index in [-0.39, 0.29) is 0 Å². The summed E-state index contributed by atoms with van der Waals surface area (Å²) in [4.78, 5) is 0. The van der Waals surface area contributed by atoms with Crippen molar-refractivity contribution in [2.24, 2.45) is 0 Å². The summed E-state index contributed by atoms with van der Waals surface area (Å²) in [6.45, 7) is 8.07. The molecule has 0 fully saturated rings. The highest BCUT2D eigenvalue weighted by atomic mass is 14.0. The molecule has 0 bridgehead atoms. The maximum atomic E-state index is 2.12. The molecule has 0 aliphatic heterocycles. The number of hydrogen-bond donors (Lipinski definition) is 0. The van der Waals surface area contributed by atoms with Crippen molar-refractivity contribution in [3.8, 4) is 0 Å². The fraction of sp³-hybridized carbons (Fsp3) is 0.286. The Kier molecular flexibility index (Phi) is 7.53. The lowest BCUT2D eigenvalue weighted by Crippen LogP contribution is -1.77. The van der Waals surface area contributed by atoms with Gasteiger partial charge in [0.1, 0.15) is 0 Å². The van der Waals surface area contributed by atoms with Crippen molar-refractivity contribution in [2.75, 3.05) is 0 Å². The molecule has 14 heavy (non-hydrogen) atoms. The largest absolute Gasteiger partial charge is 0.0870 e. The van der Waals surface area contributed by atoms with Crippen LogP contribution < -0.4 is 0 Å². The van der Waals surface area contributed by atoms with Crippen LogP contribution in [0.5, 0.6) is 0 Å². The summed E-state index contributed by atoms with van der Waals surface area (Å²) in [5.74, 6) is 0. The number of rotatable bonds is 2. The van der Waals surface area contributed by atoms with Crippen molar-refractivity contribution in [1.82, 2.24) is 0 Å². The summed E-state index contributed by atoms with van der Waals surface area (Å²) in [5, 5.41) is 0. The quantitative estimate of drug-likeness (QED) is 0.626. The zero-order valence-electron chi connectivity index (χ0n) is 9.62. The molecule has 1 aromatic carbocycles. The minimum Gasteiger partial charge on any atom is -0.0870 e. The zero-order chi connectivity index (χ0) is 10.8. The van der Waals surface area contributed by atoms with Gasteiger partial charge in [-0.2, -0.15) is 0 Å². The van der Waals surface area contributed by atoms with E-state index in [4.69, 9.17) is 0 Å². The van der Waals surface area contributed by atoms with Crippen molar-refractivity contribution in [3.63, 3.8) is 0 Å². The second kappa shape index (κ2) is 8.31. The summed E-state index contributed by atoms with van der Waals surface area (Å²) in [5.41, 5.74) is 2.55. The average Bonchev–Trinajstić information content (AvgIpc) is 2.25. The second-order valence-corrected chi connectivity index (χ2v) is 2.63. The standard InChI is InChI=1S/C12H14.C2H6/c1-3-7-11-9-5-6-10-12(11)8-4-2;1-2/h3-10H,1-2H3;1-2H3/b7-3-,8-4-;. The van der Waals surface area contributed by atoms with E-state index in [1.54, 1.807) is 0 Å². The molecule has 1 aromatic rings. The smallest absolute Gasteiger partial charge is 0.0187 e. The summed E-state index contributed by atoms with van der Waals surface area (Å²) in [6, 6.07) is 8.36. The van der Waals surface area contributed by atoms with Gasteiger partial charge in [0.25, 0.3) is 0 Å². The topological polar surface area (TPSA) is 0 Å². The molecule has 0 nitrogen and oxygen atoms in total. The molecule has 0 atom stereocenters. The van der Waals surface area contributed by atoms with Crippen molar-refractivity contribution >= 4 is 12.2 Å². The van der Waals surface area contributed by atoms with Crippen LogP contribution in [0, 0.1) is 0 Å². The molecule has 0 amide bonds. The molecule has 0 radical (unpaired) electrons. The maximum Gasteiger partial charge on any atom is -0.0187 e. The van der Waals surface area contributed by atoms with E-state index in [9.17, 15) is 0 Å². The molecule has 0 spiro atoms. The van der Waals surface area contributed by atoms with Gasteiger partial charge >= 0.3 is 0 Å². The van der Waals surface area contributed by atoms with Crippen LogP contribution in [0.3, 0.4) is 0 Å². The van der Waals surface area contributed by atoms with Gasteiger partial charge < -0.3 is 0 Å². The van der Waals surface area contributed by atoms with Gasteiger partial charge in [-0.15, -0.1) is 0 Å². The van der Waals surface area contributed by atoms with Crippen LogP contribution in [0.1, 0.15) is 38.8 Å². The Labute approximate surface area is 88.0 Å². The molecular formula is C14H20. The first-order valence-corrected chi connectivity index (χ1v) is 5.23. The van der Waals surface area contributed by atoms with E-state index < -0.39 is 0 Å². The highest BCUT2D eigenvalue weighted by molar-refractivity contribution is 5.64. The van der Waals surface area contributed by atoms with Gasteiger partial charge in [0, 0.05) is 0 Å². The summed E-state index contributed by atoms with van der Waals surface area (Å²) < 4.78 is 0. The predicted octanol–water partition coefficient (Wildman–Crippen LogP) is 4.78. The molecule has 1 rings (SSSR count). The van der Waals surface area contributed by atoms with Gasteiger partial charge in [0.2, 0.25) is 0 Å². The SMILES string of the molecule is C/C=C\c1ccccc1/C=C\C.CC. The van der Waals surface area contributed by atoms with Crippen LogP contribution >= 0.6 is 0 Å². The molecule has 0 aromatic heterocycles. The third-order valence-electron chi connectivity index (χ3n) is 1.69. The molecule has 0 N–H and O–H groups in total. The molecule has 0 saturated carbocycles. The Hall–Kier alpha value is -1.30. The molecule has 76 valence electrons. The Bertz CT molecular complexity index is 262. The first-order valence-electron chi connectivity index (χ1n) is 5.23. The molecule has 0 aliphatic rings. The minimum absolute atomic E-state index is 1.28. The molecule has 0 heteroatoms. The summed E-state index contributed by atoms with van der Waals surface area (Å²) >= 11 is 0. The van der Waals surface area contributed by atoms with Crippen molar-refractivity contribution in [3.05, 3.63) is 47.5 Å². The Balaban J connectivity index is 0.000000791. The molecule has 0 unspecified atom stereocenters. The third-order valence-corrected chi connectivity index (χ3v) is 1.69. The van der Waals surface area contributed by atoms with Crippen LogP contribution in [0.15, 0.2) is 36.4 Å². The van der Waals surface area contributed by atoms with Crippen LogP contribution in [0.4, 0.5) is 0 Å². The van der Waals surface area contributed by atoms with E-state index in [1.807, 2.05) is 27.7 Å². The lowest BCUT2D eigenvalue weighted by atomic mass is 10.1. The fourth-order valence-electron chi connectivity index (χ4n) is 1.17. The zero-order valence-corrected chi connectivity index (χ0v) is 9.62. The van der Waals surface area contributed by atoms with Gasteiger partial charge in [-0.3, -0.25) is 0 Å². The normalized spacial score (nSPS) is 10.3. The van der Waals surface area contributed by atoms with Crippen molar-refractivity contribution in [2.45, 2.75) is 27.7 Å². The van der Waals surface area contributed by atoms with E-state index >= 15 is 0 Å². The Morgan fingerprint density at radius 1 is 0.786 bits per heavy atom. The lowest BCUT2D eigenvalue weighted by Gasteiger charge is -1.98. The Morgan fingerprint density at radius 2 is 1.14 bits per heavy atom. The molecule has 0 saturated heterocycles. The minimum atomic E-state index is 1.28. The first kappa shape index (κ1) is 12.7. The van der Waals surface area contributed by atoms with Gasteiger partial charge in [0.15, 0.2) is 0 Å². The fourth-order valence-corrected chi connectivity index (χ4v) is 1.17. The van der Waals surface area contributed by atoms with Crippen molar-refractivity contribution in [1.29, 1.82) is 0 Å². The van der Waals surface area contributed by atoms with E-state index in [0.29, 0.717) is 0 Å². The van der Waals surface area contributed by atoms with Crippen LogP contribution in [0.2, 0.25) is 0 Å². The van der Waals surface area contributed by atoms with Gasteiger partial charge in [0.05, 0.1) is 0 Å². The van der Waals surface area contributed by atoms with Crippen LogP contribution in [-0.2, 0) is 0 Å². The van der Waals surface area contributed by atoms with E-state index in [1.165, 1.54) is 11.1 Å². The van der Waals surface area contributed by atoms with Gasteiger partial charge in [-0.25, -0.2) is 0 Å². The highest BCUT2D eigenvalue weighted by Crippen LogP contribution is 2.12. The Morgan fingerprint density at radius 3 is 1.43 bits per heavy atom. The number of hydrogen-bond acceptors (Lipinski definition) is 0. The lowest BCUT2D eigenvalue weighted by molar-refractivity contribution is 1.50. The maximum absolute atomic E-state index is 2.12. The van der Waals surface area contributed by atoms with Gasteiger partial charge in [-0.1, -0.05) is 62.4 Å². The van der Waals surface area contributed by atoms with E-state index in [2.05, 4.69) is 48.6 Å². The van der Waals surface area contributed by atoms with Crippen molar-refractivity contribution < 1.29 is 0 Å². The second-order valence-electron chi connectivity index (χ2n) is 2.63. The monoisotopic (exact) mass is 188 g/mol. The van der Waals surface area contributed by atoms with E-state index in [0.717, 1.165) is 0 Å². The summed E-state index contributed by atoms with van der Waals surface area (Å²) in [7, 11) is 0. The average molecular weight is 188 g/mol.